The van der Waals surface area contributed by atoms with Crippen LogP contribution in [0.1, 0.15) is 37.3 Å². The van der Waals surface area contributed by atoms with Gasteiger partial charge in [0.2, 0.25) is 0 Å². The SMILES string of the molecule is CNC(CCN(C)CC1CCC1)c1c(F)cccc1OC. The van der Waals surface area contributed by atoms with Gasteiger partial charge in [-0.3, -0.25) is 0 Å². The number of nitrogens with zero attached hydrogens (tertiary/aromatic N) is 1. The number of nitrogens with one attached hydrogen (secondary N) is 1. The van der Waals surface area contributed by atoms with Gasteiger partial charge in [-0.2, -0.15) is 0 Å². The molecule has 1 saturated carbocycles. The molecule has 1 aromatic carbocycles. The Kier molecular flexibility index (Phi) is 6.00. The number of benzene rings is 1. The zero-order valence-electron chi connectivity index (χ0n) is 13.4. The molecule has 21 heavy (non-hydrogen) atoms. The van der Waals surface area contributed by atoms with E-state index >= 15 is 0 Å². The van der Waals surface area contributed by atoms with E-state index in [1.807, 2.05) is 13.1 Å². The molecule has 0 radical (unpaired) electrons. The summed E-state index contributed by atoms with van der Waals surface area (Å²) in [7, 11) is 5.62. The highest BCUT2D eigenvalue weighted by atomic mass is 19.1. The van der Waals surface area contributed by atoms with Crippen LogP contribution in [-0.2, 0) is 0 Å². The summed E-state index contributed by atoms with van der Waals surface area (Å²) in [6.45, 7) is 2.12. The summed E-state index contributed by atoms with van der Waals surface area (Å²) in [5.41, 5.74) is 0.638. The van der Waals surface area contributed by atoms with Gasteiger partial charge < -0.3 is 15.0 Å². The highest BCUT2D eigenvalue weighted by Crippen LogP contribution is 2.30. The van der Waals surface area contributed by atoms with E-state index in [1.165, 1.54) is 25.3 Å². The van der Waals surface area contributed by atoms with E-state index in [9.17, 15) is 4.39 Å². The Labute approximate surface area is 127 Å². The normalized spacial score (nSPS) is 16.8. The Morgan fingerprint density at radius 3 is 2.76 bits per heavy atom. The maximum atomic E-state index is 14.1. The number of rotatable bonds is 8. The molecule has 0 saturated heterocycles. The van der Waals surface area contributed by atoms with Gasteiger partial charge in [-0.25, -0.2) is 4.39 Å². The van der Waals surface area contributed by atoms with Crippen LogP contribution >= 0.6 is 0 Å². The molecule has 1 aliphatic carbocycles. The molecule has 0 heterocycles. The van der Waals surface area contributed by atoms with Crippen LogP contribution in [0.3, 0.4) is 0 Å². The minimum absolute atomic E-state index is 0.0232. The lowest BCUT2D eigenvalue weighted by Crippen LogP contribution is -2.32. The smallest absolute Gasteiger partial charge is 0.131 e. The Morgan fingerprint density at radius 2 is 2.19 bits per heavy atom. The topological polar surface area (TPSA) is 24.5 Å². The summed E-state index contributed by atoms with van der Waals surface area (Å²) in [4.78, 5) is 2.36. The standard InChI is InChI=1S/C17H27FN2O/c1-19-15(10-11-20(2)12-13-6-4-7-13)17-14(18)8-5-9-16(17)21-3/h5,8-9,13,15,19H,4,6-7,10-12H2,1-3H3. The summed E-state index contributed by atoms with van der Waals surface area (Å²) in [5.74, 6) is 1.29. The van der Waals surface area contributed by atoms with Crippen molar-refractivity contribution in [3.8, 4) is 5.75 Å². The average Bonchev–Trinajstić information content (AvgIpc) is 2.44. The molecule has 0 amide bonds. The summed E-state index contributed by atoms with van der Waals surface area (Å²) in [6.07, 6.45) is 4.98. The third-order valence-electron chi connectivity index (χ3n) is 4.52. The molecule has 0 spiro atoms. The first-order valence-electron chi connectivity index (χ1n) is 7.84. The van der Waals surface area contributed by atoms with Crippen LogP contribution in [0.2, 0.25) is 0 Å². The molecular weight excluding hydrogens is 267 g/mol. The number of hydrogen-bond donors (Lipinski definition) is 1. The maximum absolute atomic E-state index is 14.1. The van der Waals surface area contributed by atoms with Gasteiger partial charge in [0.1, 0.15) is 11.6 Å². The molecule has 0 aromatic heterocycles. The summed E-state index contributed by atoms with van der Waals surface area (Å²) in [5, 5.41) is 3.22. The van der Waals surface area contributed by atoms with Gasteiger partial charge in [-0.05, 0) is 58.0 Å². The number of ether oxygens (including phenoxy) is 1. The van der Waals surface area contributed by atoms with Crippen LogP contribution in [0.4, 0.5) is 4.39 Å². The lowest BCUT2D eigenvalue weighted by molar-refractivity contribution is 0.199. The molecule has 4 heteroatoms. The van der Waals surface area contributed by atoms with Crippen molar-refractivity contribution < 1.29 is 9.13 Å². The van der Waals surface area contributed by atoms with E-state index in [0.717, 1.165) is 25.4 Å². The molecule has 1 N–H and O–H groups in total. The van der Waals surface area contributed by atoms with Gasteiger partial charge >= 0.3 is 0 Å². The maximum Gasteiger partial charge on any atom is 0.131 e. The van der Waals surface area contributed by atoms with Gasteiger partial charge in [0.25, 0.3) is 0 Å². The van der Waals surface area contributed by atoms with Gasteiger partial charge in [-0.1, -0.05) is 12.5 Å². The molecule has 1 aliphatic rings. The van der Waals surface area contributed by atoms with Crippen LogP contribution in [0.5, 0.6) is 5.75 Å². The van der Waals surface area contributed by atoms with Gasteiger partial charge in [0.15, 0.2) is 0 Å². The van der Waals surface area contributed by atoms with Crippen molar-refractivity contribution >= 4 is 0 Å². The third-order valence-corrected chi connectivity index (χ3v) is 4.52. The fraction of sp³-hybridized carbons (Fsp3) is 0.647. The first-order chi connectivity index (χ1) is 10.2. The Hall–Kier alpha value is -1.13. The minimum atomic E-state index is -0.199. The van der Waals surface area contributed by atoms with Crippen LogP contribution in [0.15, 0.2) is 18.2 Å². The summed E-state index contributed by atoms with van der Waals surface area (Å²) in [6, 6.07) is 4.98. The van der Waals surface area contributed by atoms with Gasteiger partial charge in [0.05, 0.1) is 7.11 Å². The second-order valence-corrected chi connectivity index (χ2v) is 6.04. The number of halogens is 1. The molecule has 0 aliphatic heterocycles. The highest BCUT2D eigenvalue weighted by molar-refractivity contribution is 5.37. The fourth-order valence-corrected chi connectivity index (χ4v) is 3.02. The van der Waals surface area contributed by atoms with Crippen LogP contribution in [0.25, 0.3) is 0 Å². The number of methoxy groups -OCH3 is 1. The largest absolute Gasteiger partial charge is 0.496 e. The highest BCUT2D eigenvalue weighted by Gasteiger charge is 2.22. The molecule has 1 fully saturated rings. The molecular formula is C17H27FN2O. The van der Waals surface area contributed by atoms with Crippen LogP contribution in [-0.4, -0.2) is 39.2 Å². The van der Waals surface area contributed by atoms with Gasteiger partial charge in [-0.15, -0.1) is 0 Å². The van der Waals surface area contributed by atoms with Gasteiger partial charge in [0, 0.05) is 18.2 Å². The average molecular weight is 294 g/mol. The predicted octanol–water partition coefficient (Wildman–Crippen LogP) is 3.22. The molecule has 1 aromatic rings. The summed E-state index contributed by atoms with van der Waals surface area (Å²) >= 11 is 0. The van der Waals surface area contributed by atoms with E-state index in [2.05, 4.69) is 17.3 Å². The number of hydrogen-bond acceptors (Lipinski definition) is 3. The van der Waals surface area contributed by atoms with Crippen molar-refractivity contribution in [1.82, 2.24) is 10.2 Å². The zero-order valence-corrected chi connectivity index (χ0v) is 13.4. The quantitative estimate of drug-likeness (QED) is 0.797. The first-order valence-corrected chi connectivity index (χ1v) is 7.84. The van der Waals surface area contributed by atoms with Crippen LogP contribution in [0, 0.1) is 11.7 Å². The third kappa shape index (κ3) is 4.17. The molecule has 1 unspecified atom stereocenters. The van der Waals surface area contributed by atoms with Crippen molar-refractivity contribution in [2.45, 2.75) is 31.7 Å². The molecule has 118 valence electrons. The fourth-order valence-electron chi connectivity index (χ4n) is 3.02. The predicted molar refractivity (Wildman–Crippen MR) is 84.2 cm³/mol. The lowest BCUT2D eigenvalue weighted by Gasteiger charge is -2.31. The minimum Gasteiger partial charge on any atom is -0.496 e. The second-order valence-electron chi connectivity index (χ2n) is 6.04. The molecule has 3 nitrogen and oxygen atoms in total. The van der Waals surface area contributed by atoms with Crippen molar-refractivity contribution in [2.75, 3.05) is 34.3 Å². The van der Waals surface area contributed by atoms with Crippen molar-refractivity contribution in [1.29, 1.82) is 0 Å². The lowest BCUT2D eigenvalue weighted by atomic mass is 9.85. The molecule has 0 bridgehead atoms. The monoisotopic (exact) mass is 294 g/mol. The van der Waals surface area contributed by atoms with E-state index in [4.69, 9.17) is 4.74 Å². The second kappa shape index (κ2) is 7.76. The van der Waals surface area contributed by atoms with E-state index < -0.39 is 0 Å². The van der Waals surface area contributed by atoms with Crippen molar-refractivity contribution in [3.05, 3.63) is 29.6 Å². The first kappa shape index (κ1) is 16.2. The summed E-state index contributed by atoms with van der Waals surface area (Å²) < 4.78 is 19.5. The molecule has 1 atom stereocenters. The molecule has 2 rings (SSSR count). The Balaban J connectivity index is 1.96. The van der Waals surface area contributed by atoms with E-state index in [-0.39, 0.29) is 11.9 Å². The van der Waals surface area contributed by atoms with E-state index in [1.54, 1.807) is 13.2 Å². The van der Waals surface area contributed by atoms with Crippen molar-refractivity contribution in [2.24, 2.45) is 5.92 Å². The van der Waals surface area contributed by atoms with Crippen LogP contribution < -0.4 is 10.1 Å². The Bertz CT molecular complexity index is 448. The van der Waals surface area contributed by atoms with Crippen molar-refractivity contribution in [3.63, 3.8) is 0 Å². The van der Waals surface area contributed by atoms with E-state index in [0.29, 0.717) is 11.3 Å². The Morgan fingerprint density at radius 1 is 1.43 bits per heavy atom. The zero-order chi connectivity index (χ0) is 15.2.